The molecule has 0 unspecified atom stereocenters. The SMILES string of the molecule is CCOc1ccc(-c2noc(CNS(=O)(=O)c3c(C)cc(OC)cc3C)n2)cc1. The highest BCUT2D eigenvalue weighted by Gasteiger charge is 2.21. The Morgan fingerprint density at radius 2 is 1.72 bits per heavy atom. The summed E-state index contributed by atoms with van der Waals surface area (Å²) >= 11 is 0. The van der Waals surface area contributed by atoms with Crippen LogP contribution in [0.25, 0.3) is 11.4 Å². The normalized spacial score (nSPS) is 11.4. The molecule has 1 aromatic heterocycles. The third kappa shape index (κ3) is 4.75. The molecule has 0 bridgehead atoms. The monoisotopic (exact) mass is 417 g/mol. The molecule has 2 aromatic carbocycles. The summed E-state index contributed by atoms with van der Waals surface area (Å²) in [5, 5.41) is 3.92. The van der Waals surface area contributed by atoms with Crippen molar-refractivity contribution < 1.29 is 22.4 Å². The number of nitrogens with zero attached hydrogens (tertiary/aromatic N) is 2. The fourth-order valence-electron chi connectivity index (χ4n) is 2.99. The van der Waals surface area contributed by atoms with Crippen molar-refractivity contribution in [2.45, 2.75) is 32.2 Å². The molecule has 9 heteroatoms. The van der Waals surface area contributed by atoms with Gasteiger partial charge in [-0.3, -0.25) is 0 Å². The Hall–Kier alpha value is -2.91. The lowest BCUT2D eigenvalue weighted by Gasteiger charge is -2.12. The van der Waals surface area contributed by atoms with Crippen molar-refractivity contribution in [1.29, 1.82) is 0 Å². The summed E-state index contributed by atoms with van der Waals surface area (Å²) in [7, 11) is -2.22. The maximum atomic E-state index is 12.8. The van der Waals surface area contributed by atoms with E-state index in [1.165, 1.54) is 7.11 Å². The second-order valence-electron chi connectivity index (χ2n) is 6.38. The standard InChI is InChI=1S/C20H23N3O5S/c1-5-27-16-8-6-15(7-9-16)20-22-18(28-23-20)12-21-29(24,25)19-13(2)10-17(26-4)11-14(19)3/h6-11,21H,5,12H2,1-4H3. The van der Waals surface area contributed by atoms with Crippen LogP contribution < -0.4 is 14.2 Å². The van der Waals surface area contributed by atoms with Crippen LogP contribution in [-0.4, -0.2) is 32.3 Å². The number of aromatic nitrogens is 2. The van der Waals surface area contributed by atoms with Gasteiger partial charge < -0.3 is 14.0 Å². The minimum Gasteiger partial charge on any atom is -0.497 e. The van der Waals surface area contributed by atoms with Crippen LogP contribution in [0, 0.1) is 13.8 Å². The summed E-state index contributed by atoms with van der Waals surface area (Å²) < 4.78 is 43.8. The smallest absolute Gasteiger partial charge is 0.242 e. The third-order valence-electron chi connectivity index (χ3n) is 4.24. The minimum atomic E-state index is -3.76. The van der Waals surface area contributed by atoms with Crippen molar-refractivity contribution in [2.75, 3.05) is 13.7 Å². The molecule has 0 aliphatic carbocycles. The summed E-state index contributed by atoms with van der Waals surface area (Å²) in [5.74, 6) is 1.90. The molecular formula is C20H23N3O5S. The molecule has 0 aliphatic rings. The molecule has 1 N–H and O–H groups in total. The van der Waals surface area contributed by atoms with Gasteiger partial charge in [0.2, 0.25) is 21.7 Å². The Morgan fingerprint density at radius 3 is 2.31 bits per heavy atom. The van der Waals surface area contributed by atoms with E-state index in [1.807, 2.05) is 31.2 Å². The second kappa shape index (κ2) is 8.62. The molecule has 0 radical (unpaired) electrons. The van der Waals surface area contributed by atoms with Gasteiger partial charge in [0.15, 0.2) is 0 Å². The van der Waals surface area contributed by atoms with E-state index in [0.29, 0.717) is 29.3 Å². The van der Waals surface area contributed by atoms with Gasteiger partial charge in [0.25, 0.3) is 0 Å². The summed E-state index contributed by atoms with van der Waals surface area (Å²) in [6.45, 7) is 5.83. The molecule has 0 saturated carbocycles. The van der Waals surface area contributed by atoms with Gasteiger partial charge in [0.1, 0.15) is 11.5 Å². The molecule has 0 atom stereocenters. The van der Waals surface area contributed by atoms with Crippen molar-refractivity contribution >= 4 is 10.0 Å². The van der Waals surface area contributed by atoms with Gasteiger partial charge in [0, 0.05) is 5.56 Å². The molecule has 154 valence electrons. The minimum absolute atomic E-state index is 0.114. The molecule has 3 aromatic rings. The molecule has 0 spiro atoms. The van der Waals surface area contributed by atoms with Gasteiger partial charge in [-0.1, -0.05) is 5.16 Å². The van der Waals surface area contributed by atoms with E-state index in [4.69, 9.17) is 14.0 Å². The Kier molecular flexibility index (Phi) is 6.19. The van der Waals surface area contributed by atoms with E-state index in [9.17, 15) is 8.42 Å². The Bertz CT molecular complexity index is 1070. The first-order chi connectivity index (χ1) is 13.8. The Balaban J connectivity index is 1.73. The van der Waals surface area contributed by atoms with Crippen LogP contribution in [0.1, 0.15) is 23.9 Å². The van der Waals surface area contributed by atoms with Crippen molar-refractivity contribution in [3.05, 3.63) is 53.4 Å². The number of hydrogen-bond acceptors (Lipinski definition) is 7. The fourth-order valence-corrected chi connectivity index (χ4v) is 4.42. The van der Waals surface area contributed by atoms with Gasteiger partial charge in [-0.25, -0.2) is 13.1 Å². The van der Waals surface area contributed by atoms with Crippen LogP contribution in [0.5, 0.6) is 11.5 Å². The van der Waals surface area contributed by atoms with Crippen LogP contribution in [0.15, 0.2) is 45.8 Å². The average molecular weight is 417 g/mol. The zero-order chi connectivity index (χ0) is 21.0. The van der Waals surface area contributed by atoms with Gasteiger partial charge in [-0.05, 0) is 68.3 Å². The zero-order valence-corrected chi connectivity index (χ0v) is 17.5. The first kappa shape index (κ1) is 20.8. The summed E-state index contributed by atoms with van der Waals surface area (Å²) in [5.41, 5.74) is 1.93. The van der Waals surface area contributed by atoms with Crippen LogP contribution in [0.2, 0.25) is 0 Å². The van der Waals surface area contributed by atoms with E-state index in [-0.39, 0.29) is 17.3 Å². The number of aryl methyl sites for hydroxylation is 2. The van der Waals surface area contributed by atoms with E-state index in [1.54, 1.807) is 26.0 Å². The lowest BCUT2D eigenvalue weighted by atomic mass is 10.1. The molecule has 0 fully saturated rings. The van der Waals surface area contributed by atoms with Crippen molar-refractivity contribution in [1.82, 2.24) is 14.9 Å². The summed E-state index contributed by atoms with van der Waals surface area (Å²) in [4.78, 5) is 4.47. The van der Waals surface area contributed by atoms with Crippen molar-refractivity contribution in [3.63, 3.8) is 0 Å². The molecular weight excluding hydrogens is 394 g/mol. The molecule has 0 saturated heterocycles. The number of nitrogens with one attached hydrogen (secondary N) is 1. The molecule has 8 nitrogen and oxygen atoms in total. The number of benzene rings is 2. The lowest BCUT2D eigenvalue weighted by molar-refractivity contribution is 0.340. The molecule has 0 amide bonds. The van der Waals surface area contributed by atoms with E-state index < -0.39 is 10.0 Å². The highest BCUT2D eigenvalue weighted by atomic mass is 32.2. The molecule has 0 aliphatic heterocycles. The first-order valence-electron chi connectivity index (χ1n) is 9.04. The zero-order valence-electron chi connectivity index (χ0n) is 16.7. The number of methoxy groups -OCH3 is 1. The van der Waals surface area contributed by atoms with Gasteiger partial charge in [-0.2, -0.15) is 4.98 Å². The number of rotatable bonds is 8. The summed E-state index contributed by atoms with van der Waals surface area (Å²) in [6, 6.07) is 10.6. The topological polar surface area (TPSA) is 104 Å². The van der Waals surface area contributed by atoms with Crippen LogP contribution in [0.4, 0.5) is 0 Å². The van der Waals surface area contributed by atoms with Gasteiger partial charge in [0.05, 0.1) is 25.2 Å². The largest absolute Gasteiger partial charge is 0.497 e. The number of hydrogen-bond donors (Lipinski definition) is 1. The average Bonchev–Trinajstić information content (AvgIpc) is 3.15. The Labute approximate surface area is 169 Å². The van der Waals surface area contributed by atoms with Crippen molar-refractivity contribution in [2.24, 2.45) is 0 Å². The van der Waals surface area contributed by atoms with Crippen LogP contribution in [0.3, 0.4) is 0 Å². The third-order valence-corrected chi connectivity index (χ3v) is 5.95. The molecule has 1 heterocycles. The highest BCUT2D eigenvalue weighted by molar-refractivity contribution is 7.89. The maximum Gasteiger partial charge on any atom is 0.242 e. The van der Waals surface area contributed by atoms with E-state index in [0.717, 1.165) is 11.3 Å². The second-order valence-corrected chi connectivity index (χ2v) is 8.09. The fraction of sp³-hybridized carbons (Fsp3) is 0.300. The van der Waals surface area contributed by atoms with Gasteiger partial charge in [-0.15, -0.1) is 0 Å². The maximum absolute atomic E-state index is 12.8. The predicted octanol–water partition coefficient (Wildman–Crippen LogP) is 3.24. The lowest BCUT2D eigenvalue weighted by Crippen LogP contribution is -2.25. The highest BCUT2D eigenvalue weighted by Crippen LogP contribution is 2.26. The van der Waals surface area contributed by atoms with E-state index >= 15 is 0 Å². The summed E-state index contributed by atoms with van der Waals surface area (Å²) in [6.07, 6.45) is 0. The first-order valence-corrected chi connectivity index (χ1v) is 10.5. The molecule has 3 rings (SSSR count). The quantitative estimate of drug-likeness (QED) is 0.600. The Morgan fingerprint density at radius 1 is 1.07 bits per heavy atom. The van der Waals surface area contributed by atoms with Crippen LogP contribution >= 0.6 is 0 Å². The number of sulfonamides is 1. The predicted molar refractivity (Wildman–Crippen MR) is 107 cm³/mol. The molecule has 29 heavy (non-hydrogen) atoms. The van der Waals surface area contributed by atoms with E-state index in [2.05, 4.69) is 14.9 Å². The van der Waals surface area contributed by atoms with Crippen molar-refractivity contribution in [3.8, 4) is 22.9 Å². The number of ether oxygens (including phenoxy) is 2. The van der Waals surface area contributed by atoms with Gasteiger partial charge >= 0.3 is 0 Å². The van der Waals surface area contributed by atoms with Crippen LogP contribution in [-0.2, 0) is 16.6 Å².